The fraction of sp³-hybridized carbons (Fsp3) is 0.500. The predicted octanol–water partition coefficient (Wildman–Crippen LogP) is 3.23. The second-order valence-electron chi connectivity index (χ2n) is 4.14. The zero-order valence-electron chi connectivity index (χ0n) is 8.85. The second-order valence-corrected chi connectivity index (χ2v) is 4.14. The minimum absolute atomic E-state index is 0.125. The molecule has 0 N–H and O–H groups in total. The van der Waals surface area contributed by atoms with E-state index in [4.69, 9.17) is 4.74 Å². The Labute approximate surface area is 80.7 Å². The Balaban J connectivity index is 2.78. The molecule has 0 saturated heterocycles. The highest BCUT2D eigenvalue weighted by molar-refractivity contribution is 5.28. The Hall–Kier alpha value is -0.980. The molecule has 71 valence electrons. The van der Waals surface area contributed by atoms with E-state index in [1.165, 1.54) is 5.56 Å². The standard InChI is InChI=1S/C12H17O/c1-5-10-7-6-8-11(9-10)13-12(2,3)4/h7-9H,5H2,1-4H3. The number of ether oxygens (including phenoxy) is 1. The summed E-state index contributed by atoms with van der Waals surface area (Å²) in [6.45, 7) is 8.27. The van der Waals surface area contributed by atoms with Gasteiger partial charge in [-0.05, 0) is 51.0 Å². The van der Waals surface area contributed by atoms with Gasteiger partial charge in [-0.3, -0.25) is 0 Å². The monoisotopic (exact) mass is 177 g/mol. The van der Waals surface area contributed by atoms with Crippen molar-refractivity contribution in [3.8, 4) is 5.75 Å². The van der Waals surface area contributed by atoms with Crippen LogP contribution < -0.4 is 4.74 Å². The smallest absolute Gasteiger partial charge is 0.120 e. The van der Waals surface area contributed by atoms with Gasteiger partial charge in [-0.2, -0.15) is 0 Å². The minimum Gasteiger partial charge on any atom is -0.488 e. The third-order valence-electron chi connectivity index (χ3n) is 1.65. The van der Waals surface area contributed by atoms with Crippen LogP contribution in [0.1, 0.15) is 33.3 Å². The topological polar surface area (TPSA) is 9.23 Å². The molecule has 0 spiro atoms. The van der Waals surface area contributed by atoms with Crippen molar-refractivity contribution in [1.29, 1.82) is 0 Å². The zero-order valence-corrected chi connectivity index (χ0v) is 8.85. The van der Waals surface area contributed by atoms with E-state index in [-0.39, 0.29) is 5.60 Å². The number of benzene rings is 1. The maximum Gasteiger partial charge on any atom is 0.120 e. The van der Waals surface area contributed by atoms with Gasteiger partial charge < -0.3 is 4.74 Å². The van der Waals surface area contributed by atoms with Crippen molar-refractivity contribution in [2.24, 2.45) is 0 Å². The quantitative estimate of drug-likeness (QED) is 0.674. The lowest BCUT2D eigenvalue weighted by molar-refractivity contribution is 0.131. The van der Waals surface area contributed by atoms with Crippen LogP contribution in [0.2, 0.25) is 0 Å². The van der Waals surface area contributed by atoms with E-state index in [1.807, 2.05) is 32.9 Å². The van der Waals surface area contributed by atoms with Gasteiger partial charge >= 0.3 is 0 Å². The summed E-state index contributed by atoms with van der Waals surface area (Å²) in [4.78, 5) is 0. The summed E-state index contributed by atoms with van der Waals surface area (Å²) in [6.07, 6.45) is 1.03. The summed E-state index contributed by atoms with van der Waals surface area (Å²) in [6, 6.07) is 9.02. The van der Waals surface area contributed by atoms with E-state index in [0.29, 0.717) is 0 Å². The van der Waals surface area contributed by atoms with Gasteiger partial charge in [0.25, 0.3) is 0 Å². The normalized spacial score (nSPS) is 11.4. The van der Waals surface area contributed by atoms with Gasteiger partial charge in [0.15, 0.2) is 0 Å². The second kappa shape index (κ2) is 3.82. The molecular formula is C12H17O. The van der Waals surface area contributed by atoms with Crippen molar-refractivity contribution in [2.75, 3.05) is 0 Å². The van der Waals surface area contributed by atoms with E-state index in [1.54, 1.807) is 0 Å². The van der Waals surface area contributed by atoms with Gasteiger partial charge in [0.2, 0.25) is 0 Å². The van der Waals surface area contributed by atoms with Crippen LogP contribution in [-0.4, -0.2) is 5.60 Å². The molecule has 0 aliphatic heterocycles. The maximum absolute atomic E-state index is 5.71. The lowest BCUT2D eigenvalue weighted by atomic mass is 10.1. The van der Waals surface area contributed by atoms with Crippen molar-refractivity contribution in [3.05, 3.63) is 29.8 Å². The summed E-state index contributed by atoms with van der Waals surface area (Å²) in [7, 11) is 0. The molecule has 1 nitrogen and oxygen atoms in total. The molecule has 0 fully saturated rings. The highest BCUT2D eigenvalue weighted by Crippen LogP contribution is 2.18. The molecule has 0 heterocycles. The van der Waals surface area contributed by atoms with E-state index < -0.39 is 0 Å². The molecule has 1 radical (unpaired) electrons. The van der Waals surface area contributed by atoms with Crippen molar-refractivity contribution >= 4 is 0 Å². The molecule has 1 aromatic rings. The summed E-state index contributed by atoms with van der Waals surface area (Å²) in [5.74, 6) is 0.909. The molecule has 0 aliphatic rings. The Morgan fingerprint density at radius 1 is 1.31 bits per heavy atom. The summed E-state index contributed by atoms with van der Waals surface area (Å²) < 4.78 is 5.71. The molecule has 1 heteroatoms. The van der Waals surface area contributed by atoms with Gasteiger partial charge in [0.05, 0.1) is 0 Å². The number of hydrogen-bond acceptors (Lipinski definition) is 1. The number of hydrogen-bond donors (Lipinski definition) is 0. The van der Waals surface area contributed by atoms with Crippen LogP contribution in [0.4, 0.5) is 0 Å². The fourth-order valence-corrected chi connectivity index (χ4v) is 1.11. The van der Waals surface area contributed by atoms with Gasteiger partial charge in [0, 0.05) is 0 Å². The number of rotatable bonds is 2. The van der Waals surface area contributed by atoms with E-state index in [2.05, 4.69) is 19.1 Å². The Morgan fingerprint density at radius 3 is 2.54 bits per heavy atom. The first-order valence-corrected chi connectivity index (χ1v) is 4.70. The number of aryl methyl sites for hydroxylation is 1. The average Bonchev–Trinajstić information content (AvgIpc) is 2.01. The van der Waals surface area contributed by atoms with Crippen LogP contribution >= 0.6 is 0 Å². The third-order valence-corrected chi connectivity index (χ3v) is 1.65. The van der Waals surface area contributed by atoms with Crippen molar-refractivity contribution in [3.63, 3.8) is 0 Å². The van der Waals surface area contributed by atoms with Crippen molar-refractivity contribution < 1.29 is 4.74 Å². The highest BCUT2D eigenvalue weighted by atomic mass is 16.5. The lowest BCUT2D eigenvalue weighted by Crippen LogP contribution is -2.22. The summed E-state index contributed by atoms with van der Waals surface area (Å²) in [5.41, 5.74) is 1.14. The first kappa shape index (κ1) is 10.1. The van der Waals surface area contributed by atoms with Gasteiger partial charge in [0.1, 0.15) is 11.4 Å². The largest absolute Gasteiger partial charge is 0.488 e. The molecular weight excluding hydrogens is 160 g/mol. The first-order chi connectivity index (χ1) is 6.01. The summed E-state index contributed by atoms with van der Waals surface area (Å²) >= 11 is 0. The molecule has 0 aliphatic carbocycles. The van der Waals surface area contributed by atoms with E-state index in [0.717, 1.165) is 12.2 Å². The van der Waals surface area contributed by atoms with Gasteiger partial charge in [-0.15, -0.1) is 0 Å². The van der Waals surface area contributed by atoms with Crippen LogP contribution in [-0.2, 0) is 6.42 Å². The highest BCUT2D eigenvalue weighted by Gasteiger charge is 2.11. The van der Waals surface area contributed by atoms with Crippen LogP contribution in [0.3, 0.4) is 0 Å². The summed E-state index contributed by atoms with van der Waals surface area (Å²) in [5, 5.41) is 0. The zero-order chi connectivity index (χ0) is 9.90. The van der Waals surface area contributed by atoms with E-state index in [9.17, 15) is 0 Å². The SMILES string of the molecule is CCc1c[c]cc(OC(C)(C)C)c1. The molecule has 1 aromatic carbocycles. The molecule has 13 heavy (non-hydrogen) atoms. The maximum atomic E-state index is 5.71. The first-order valence-electron chi connectivity index (χ1n) is 4.70. The molecule has 0 saturated carbocycles. The van der Waals surface area contributed by atoms with Crippen molar-refractivity contribution in [2.45, 2.75) is 39.7 Å². The Bertz CT molecular complexity index is 271. The molecule has 0 bridgehead atoms. The minimum atomic E-state index is -0.125. The van der Waals surface area contributed by atoms with Crippen LogP contribution in [0.15, 0.2) is 18.2 Å². The van der Waals surface area contributed by atoms with Gasteiger partial charge in [-0.1, -0.05) is 13.0 Å². The molecule has 1 rings (SSSR count). The molecule has 0 amide bonds. The average molecular weight is 177 g/mol. The van der Waals surface area contributed by atoms with Crippen LogP contribution in [0, 0.1) is 6.07 Å². The van der Waals surface area contributed by atoms with E-state index >= 15 is 0 Å². The Morgan fingerprint density at radius 2 is 2.00 bits per heavy atom. The predicted molar refractivity (Wildman–Crippen MR) is 55.0 cm³/mol. The van der Waals surface area contributed by atoms with Crippen molar-refractivity contribution in [1.82, 2.24) is 0 Å². The molecule has 0 atom stereocenters. The molecule has 0 unspecified atom stereocenters. The van der Waals surface area contributed by atoms with Gasteiger partial charge in [-0.25, -0.2) is 0 Å². The van der Waals surface area contributed by atoms with Crippen LogP contribution in [0.25, 0.3) is 0 Å². The lowest BCUT2D eigenvalue weighted by Gasteiger charge is -2.21. The fourth-order valence-electron chi connectivity index (χ4n) is 1.11. The molecule has 0 aromatic heterocycles. The Kier molecular flexibility index (Phi) is 2.97. The van der Waals surface area contributed by atoms with Crippen LogP contribution in [0.5, 0.6) is 5.75 Å². The third kappa shape index (κ3) is 3.49.